The molecule has 0 radical (unpaired) electrons. The van der Waals surface area contributed by atoms with Gasteiger partial charge in [0.15, 0.2) is 0 Å². The minimum absolute atomic E-state index is 0.139. The summed E-state index contributed by atoms with van der Waals surface area (Å²) in [6, 6.07) is 5.84. The molecule has 1 rings (SSSR count). The summed E-state index contributed by atoms with van der Waals surface area (Å²) in [6.07, 6.45) is -4.07. The summed E-state index contributed by atoms with van der Waals surface area (Å²) in [4.78, 5) is 0. The van der Waals surface area contributed by atoms with Gasteiger partial charge in [0, 0.05) is 0 Å². The highest BCUT2D eigenvalue weighted by Gasteiger charge is 2.31. The van der Waals surface area contributed by atoms with Crippen LogP contribution in [0.15, 0.2) is 24.3 Å². The Morgan fingerprint density at radius 1 is 1.28 bits per heavy atom. The highest BCUT2D eigenvalue weighted by molar-refractivity contribution is 5.28. The Morgan fingerprint density at radius 2 is 1.94 bits per heavy atom. The maximum atomic E-state index is 12.0. The zero-order valence-electron chi connectivity index (χ0n) is 10.4. The standard InChI is InChI=1S/C13H17F3O2/c1-9(2)12(17)7-6-10-4-3-5-11(8-10)18-13(14,15)16/h3-5,8-9,12,17H,6-7H2,1-2H3. The van der Waals surface area contributed by atoms with E-state index in [-0.39, 0.29) is 11.7 Å². The predicted molar refractivity (Wildman–Crippen MR) is 62.3 cm³/mol. The van der Waals surface area contributed by atoms with Gasteiger partial charge in [-0.25, -0.2) is 0 Å². The van der Waals surface area contributed by atoms with E-state index < -0.39 is 12.5 Å². The van der Waals surface area contributed by atoms with Crippen LogP contribution in [-0.4, -0.2) is 17.6 Å². The molecule has 0 aliphatic heterocycles. The molecule has 1 aromatic rings. The zero-order valence-corrected chi connectivity index (χ0v) is 10.4. The zero-order chi connectivity index (χ0) is 13.8. The van der Waals surface area contributed by atoms with Gasteiger partial charge in [-0.3, -0.25) is 0 Å². The number of halogens is 3. The van der Waals surface area contributed by atoms with Gasteiger partial charge in [-0.15, -0.1) is 13.2 Å². The van der Waals surface area contributed by atoms with Crippen LogP contribution in [0.2, 0.25) is 0 Å². The maximum absolute atomic E-state index is 12.0. The molecular formula is C13H17F3O2. The van der Waals surface area contributed by atoms with Gasteiger partial charge in [0.25, 0.3) is 0 Å². The molecule has 0 heterocycles. The molecule has 1 aromatic carbocycles. The number of aliphatic hydroxyl groups is 1. The van der Waals surface area contributed by atoms with Crippen molar-refractivity contribution in [1.82, 2.24) is 0 Å². The maximum Gasteiger partial charge on any atom is 0.573 e. The topological polar surface area (TPSA) is 29.5 Å². The number of benzene rings is 1. The Morgan fingerprint density at radius 3 is 2.50 bits per heavy atom. The van der Waals surface area contributed by atoms with Gasteiger partial charge in [-0.05, 0) is 36.5 Å². The molecule has 0 aliphatic rings. The van der Waals surface area contributed by atoms with Crippen LogP contribution in [0.1, 0.15) is 25.8 Å². The van der Waals surface area contributed by atoms with Crippen molar-refractivity contribution in [2.75, 3.05) is 0 Å². The van der Waals surface area contributed by atoms with Crippen molar-refractivity contribution in [3.63, 3.8) is 0 Å². The average molecular weight is 262 g/mol. The minimum atomic E-state index is -4.67. The molecule has 1 atom stereocenters. The number of alkyl halides is 3. The fourth-order valence-electron chi connectivity index (χ4n) is 1.55. The van der Waals surface area contributed by atoms with Gasteiger partial charge in [-0.1, -0.05) is 26.0 Å². The molecule has 5 heteroatoms. The summed E-state index contributed by atoms with van der Waals surface area (Å²) in [6.45, 7) is 3.79. The van der Waals surface area contributed by atoms with E-state index in [4.69, 9.17) is 0 Å². The van der Waals surface area contributed by atoms with Crippen molar-refractivity contribution < 1.29 is 23.0 Å². The molecule has 0 spiro atoms. The van der Waals surface area contributed by atoms with Crippen molar-refractivity contribution in [3.8, 4) is 5.75 Å². The second-order valence-electron chi connectivity index (χ2n) is 4.55. The van der Waals surface area contributed by atoms with Crippen LogP contribution in [0.4, 0.5) is 13.2 Å². The van der Waals surface area contributed by atoms with E-state index in [0.29, 0.717) is 12.8 Å². The lowest BCUT2D eigenvalue weighted by Gasteiger charge is -2.14. The van der Waals surface area contributed by atoms with E-state index in [2.05, 4.69) is 4.74 Å². The van der Waals surface area contributed by atoms with E-state index >= 15 is 0 Å². The van der Waals surface area contributed by atoms with Gasteiger partial charge >= 0.3 is 6.36 Å². The first-order valence-electron chi connectivity index (χ1n) is 5.80. The molecular weight excluding hydrogens is 245 g/mol. The molecule has 0 aromatic heterocycles. The first kappa shape index (κ1) is 14.8. The van der Waals surface area contributed by atoms with E-state index in [1.54, 1.807) is 6.07 Å². The fourth-order valence-corrected chi connectivity index (χ4v) is 1.55. The monoisotopic (exact) mass is 262 g/mol. The molecule has 0 amide bonds. The summed E-state index contributed by atoms with van der Waals surface area (Å²) in [5.74, 6) is -0.0846. The van der Waals surface area contributed by atoms with Gasteiger partial charge in [0.1, 0.15) is 5.75 Å². The minimum Gasteiger partial charge on any atom is -0.406 e. The molecule has 0 aliphatic carbocycles. The lowest BCUT2D eigenvalue weighted by Crippen LogP contribution is -2.17. The Hall–Kier alpha value is -1.23. The van der Waals surface area contributed by atoms with E-state index in [1.165, 1.54) is 18.2 Å². The van der Waals surface area contributed by atoms with Gasteiger partial charge < -0.3 is 9.84 Å². The van der Waals surface area contributed by atoms with Crippen LogP contribution < -0.4 is 4.74 Å². The second-order valence-corrected chi connectivity index (χ2v) is 4.55. The Labute approximate surface area is 104 Å². The Balaban J connectivity index is 2.60. The highest BCUT2D eigenvalue weighted by atomic mass is 19.4. The van der Waals surface area contributed by atoms with Crippen molar-refractivity contribution in [2.45, 2.75) is 39.2 Å². The van der Waals surface area contributed by atoms with Crippen molar-refractivity contribution >= 4 is 0 Å². The van der Waals surface area contributed by atoms with Gasteiger partial charge in [0.05, 0.1) is 6.10 Å². The van der Waals surface area contributed by atoms with E-state index in [9.17, 15) is 18.3 Å². The van der Waals surface area contributed by atoms with Gasteiger partial charge in [0.2, 0.25) is 0 Å². The summed E-state index contributed by atoms with van der Waals surface area (Å²) in [5, 5.41) is 9.63. The number of ether oxygens (including phenoxy) is 1. The average Bonchev–Trinajstić information content (AvgIpc) is 2.23. The van der Waals surface area contributed by atoms with Crippen LogP contribution in [0.25, 0.3) is 0 Å². The summed E-state index contributed by atoms with van der Waals surface area (Å²) in [7, 11) is 0. The van der Waals surface area contributed by atoms with Crippen molar-refractivity contribution in [1.29, 1.82) is 0 Å². The number of hydrogen-bond donors (Lipinski definition) is 1. The number of aliphatic hydroxyl groups excluding tert-OH is 1. The highest BCUT2D eigenvalue weighted by Crippen LogP contribution is 2.24. The summed E-state index contributed by atoms with van der Waals surface area (Å²) < 4.78 is 39.9. The molecule has 0 fully saturated rings. The fraction of sp³-hybridized carbons (Fsp3) is 0.538. The Kier molecular flexibility index (Phi) is 5.02. The second kappa shape index (κ2) is 6.09. The molecule has 102 valence electrons. The summed E-state index contributed by atoms with van der Waals surface area (Å²) >= 11 is 0. The predicted octanol–water partition coefficient (Wildman–Crippen LogP) is 3.53. The van der Waals surface area contributed by atoms with Crippen LogP contribution in [0, 0.1) is 5.92 Å². The molecule has 18 heavy (non-hydrogen) atoms. The lowest BCUT2D eigenvalue weighted by molar-refractivity contribution is -0.274. The smallest absolute Gasteiger partial charge is 0.406 e. The molecule has 0 bridgehead atoms. The van der Waals surface area contributed by atoms with E-state index in [0.717, 1.165) is 5.56 Å². The van der Waals surface area contributed by atoms with Crippen molar-refractivity contribution in [3.05, 3.63) is 29.8 Å². The summed E-state index contributed by atoms with van der Waals surface area (Å²) in [5.41, 5.74) is 0.719. The third kappa shape index (κ3) is 5.40. The SMILES string of the molecule is CC(C)C(O)CCc1cccc(OC(F)(F)F)c1. The number of rotatable bonds is 5. The van der Waals surface area contributed by atoms with Crippen LogP contribution in [0.5, 0.6) is 5.75 Å². The normalized spacial score (nSPS) is 13.7. The quantitative estimate of drug-likeness (QED) is 0.879. The first-order chi connectivity index (χ1) is 8.28. The van der Waals surface area contributed by atoms with Crippen LogP contribution in [0.3, 0.4) is 0 Å². The Bertz CT molecular complexity index is 375. The molecule has 0 saturated carbocycles. The van der Waals surface area contributed by atoms with E-state index in [1.807, 2.05) is 13.8 Å². The van der Waals surface area contributed by atoms with Crippen LogP contribution in [-0.2, 0) is 6.42 Å². The number of aryl methyl sites for hydroxylation is 1. The third-order valence-corrected chi connectivity index (χ3v) is 2.63. The number of hydrogen-bond acceptors (Lipinski definition) is 2. The lowest BCUT2D eigenvalue weighted by atomic mass is 9.99. The largest absolute Gasteiger partial charge is 0.573 e. The molecule has 2 nitrogen and oxygen atoms in total. The molecule has 1 N–H and O–H groups in total. The third-order valence-electron chi connectivity index (χ3n) is 2.63. The van der Waals surface area contributed by atoms with Gasteiger partial charge in [-0.2, -0.15) is 0 Å². The van der Waals surface area contributed by atoms with Crippen LogP contribution >= 0.6 is 0 Å². The first-order valence-corrected chi connectivity index (χ1v) is 5.80. The van der Waals surface area contributed by atoms with Crippen molar-refractivity contribution in [2.24, 2.45) is 5.92 Å². The molecule has 1 unspecified atom stereocenters. The molecule has 0 saturated heterocycles.